The van der Waals surface area contributed by atoms with Gasteiger partial charge in [-0.15, -0.1) is 0 Å². The quantitative estimate of drug-likeness (QED) is 0.770. The molecule has 1 aliphatic rings. The van der Waals surface area contributed by atoms with Crippen molar-refractivity contribution in [2.24, 2.45) is 0 Å². The Kier molecular flexibility index (Phi) is 5.21. The van der Waals surface area contributed by atoms with Gasteiger partial charge in [0.25, 0.3) is 0 Å². The third kappa shape index (κ3) is 4.45. The maximum absolute atomic E-state index is 11.5. The molecule has 0 aliphatic carbocycles. The number of para-hydroxylation sites is 1. The van der Waals surface area contributed by atoms with Crippen LogP contribution in [0.3, 0.4) is 0 Å². The maximum atomic E-state index is 11.5. The second-order valence-corrected chi connectivity index (χ2v) is 7.54. The third-order valence-corrected chi connectivity index (χ3v) is 5.46. The molecule has 114 valence electrons. The molecule has 2 rings (SSSR count). The highest BCUT2D eigenvalue weighted by atomic mass is 32.2. The molecule has 1 atom stereocenters. The van der Waals surface area contributed by atoms with Crippen LogP contribution in [-0.2, 0) is 9.84 Å². The van der Waals surface area contributed by atoms with Gasteiger partial charge in [-0.05, 0) is 25.5 Å². The molecular weight excluding hydrogens is 288 g/mol. The zero-order chi connectivity index (χ0) is 15.3. The first kappa shape index (κ1) is 15.8. The highest BCUT2D eigenvalue weighted by molar-refractivity contribution is 7.91. The number of nitriles is 1. The van der Waals surface area contributed by atoms with Crippen LogP contribution in [0.15, 0.2) is 24.3 Å². The van der Waals surface area contributed by atoms with Gasteiger partial charge in [-0.2, -0.15) is 5.26 Å². The van der Waals surface area contributed by atoms with Gasteiger partial charge in [-0.25, -0.2) is 8.42 Å². The summed E-state index contributed by atoms with van der Waals surface area (Å²) in [6, 6.07) is 9.33. The van der Waals surface area contributed by atoms with Gasteiger partial charge in [-0.1, -0.05) is 12.1 Å². The molecule has 1 heterocycles. The Balaban J connectivity index is 1.77. The SMILES string of the molecule is CC1CS(=O)(=O)CCN1CCCOc1ccccc1C#N. The Morgan fingerprint density at radius 3 is 2.90 bits per heavy atom. The summed E-state index contributed by atoms with van der Waals surface area (Å²) in [6.45, 7) is 3.88. The average molecular weight is 308 g/mol. The van der Waals surface area contributed by atoms with Crippen LogP contribution in [-0.4, -0.2) is 50.6 Å². The van der Waals surface area contributed by atoms with Gasteiger partial charge in [-0.3, -0.25) is 4.90 Å². The second-order valence-electron chi connectivity index (χ2n) is 5.31. The van der Waals surface area contributed by atoms with Gasteiger partial charge in [0.1, 0.15) is 11.8 Å². The van der Waals surface area contributed by atoms with Crippen LogP contribution in [0, 0.1) is 11.3 Å². The predicted octanol–water partition coefficient (Wildman–Crippen LogP) is 1.45. The number of benzene rings is 1. The molecule has 0 amide bonds. The van der Waals surface area contributed by atoms with E-state index in [0.29, 0.717) is 24.5 Å². The minimum absolute atomic E-state index is 0.0649. The van der Waals surface area contributed by atoms with E-state index in [-0.39, 0.29) is 17.5 Å². The minimum Gasteiger partial charge on any atom is -0.492 e. The van der Waals surface area contributed by atoms with Crippen LogP contribution >= 0.6 is 0 Å². The maximum Gasteiger partial charge on any atom is 0.153 e. The van der Waals surface area contributed by atoms with E-state index in [2.05, 4.69) is 11.0 Å². The number of nitrogens with zero attached hydrogens (tertiary/aromatic N) is 2. The van der Waals surface area contributed by atoms with Gasteiger partial charge >= 0.3 is 0 Å². The van der Waals surface area contributed by atoms with Crippen molar-refractivity contribution in [3.05, 3.63) is 29.8 Å². The number of hydrogen-bond acceptors (Lipinski definition) is 5. The van der Waals surface area contributed by atoms with Crippen LogP contribution < -0.4 is 4.74 Å². The van der Waals surface area contributed by atoms with Crippen molar-refractivity contribution < 1.29 is 13.2 Å². The van der Waals surface area contributed by atoms with Crippen molar-refractivity contribution in [2.75, 3.05) is 31.2 Å². The summed E-state index contributed by atoms with van der Waals surface area (Å²) in [4.78, 5) is 2.18. The Bertz CT molecular complexity index is 622. The van der Waals surface area contributed by atoms with E-state index in [0.717, 1.165) is 13.0 Å². The lowest BCUT2D eigenvalue weighted by Gasteiger charge is -2.32. The molecule has 1 unspecified atom stereocenters. The average Bonchev–Trinajstić information content (AvgIpc) is 2.45. The summed E-state index contributed by atoms with van der Waals surface area (Å²) in [5, 5.41) is 8.97. The topological polar surface area (TPSA) is 70.4 Å². The molecule has 1 fully saturated rings. The van der Waals surface area contributed by atoms with Crippen molar-refractivity contribution in [1.29, 1.82) is 5.26 Å². The van der Waals surface area contributed by atoms with E-state index >= 15 is 0 Å². The van der Waals surface area contributed by atoms with Crippen molar-refractivity contribution in [1.82, 2.24) is 4.90 Å². The molecule has 6 heteroatoms. The Morgan fingerprint density at radius 1 is 1.43 bits per heavy atom. The first-order valence-corrected chi connectivity index (χ1v) is 8.90. The van der Waals surface area contributed by atoms with E-state index in [1.807, 2.05) is 13.0 Å². The van der Waals surface area contributed by atoms with Crippen molar-refractivity contribution >= 4 is 9.84 Å². The van der Waals surface area contributed by atoms with Crippen LogP contribution in [0.5, 0.6) is 5.75 Å². The van der Waals surface area contributed by atoms with E-state index < -0.39 is 9.84 Å². The fourth-order valence-corrected chi connectivity index (χ4v) is 4.12. The molecule has 0 bridgehead atoms. The number of rotatable bonds is 5. The Labute approximate surface area is 126 Å². The molecule has 0 radical (unpaired) electrons. The molecule has 1 aliphatic heterocycles. The molecule has 21 heavy (non-hydrogen) atoms. The van der Waals surface area contributed by atoms with Crippen LogP contribution in [0.4, 0.5) is 0 Å². The highest BCUT2D eigenvalue weighted by Gasteiger charge is 2.27. The van der Waals surface area contributed by atoms with E-state index in [1.165, 1.54) is 0 Å². The number of sulfone groups is 1. The molecule has 0 saturated carbocycles. The van der Waals surface area contributed by atoms with Gasteiger partial charge in [0.05, 0.1) is 23.7 Å². The highest BCUT2D eigenvalue weighted by Crippen LogP contribution is 2.17. The van der Waals surface area contributed by atoms with Gasteiger partial charge in [0, 0.05) is 19.1 Å². The summed E-state index contributed by atoms with van der Waals surface area (Å²) in [6.07, 6.45) is 0.810. The number of hydrogen-bond donors (Lipinski definition) is 0. The Morgan fingerprint density at radius 2 is 2.19 bits per heavy atom. The van der Waals surface area contributed by atoms with Crippen molar-refractivity contribution in [3.63, 3.8) is 0 Å². The second kappa shape index (κ2) is 6.92. The fourth-order valence-electron chi connectivity index (χ4n) is 2.50. The first-order chi connectivity index (χ1) is 10.0. The first-order valence-electron chi connectivity index (χ1n) is 7.08. The summed E-state index contributed by atoms with van der Waals surface area (Å²) in [7, 11) is -2.86. The lowest BCUT2D eigenvalue weighted by atomic mass is 10.2. The van der Waals surface area contributed by atoms with E-state index in [4.69, 9.17) is 10.00 Å². The molecular formula is C15H20N2O3S. The molecule has 0 spiro atoms. The molecule has 1 saturated heterocycles. The normalized spacial score (nSPS) is 21.6. The van der Waals surface area contributed by atoms with Crippen molar-refractivity contribution in [2.45, 2.75) is 19.4 Å². The van der Waals surface area contributed by atoms with Gasteiger partial charge in [0.2, 0.25) is 0 Å². The molecule has 5 nitrogen and oxygen atoms in total. The van der Waals surface area contributed by atoms with Gasteiger partial charge < -0.3 is 4.74 Å². The fraction of sp³-hybridized carbons (Fsp3) is 0.533. The standard InChI is InChI=1S/C15H20N2O3S/c1-13-12-21(18,19)10-8-17(13)7-4-9-20-15-6-3-2-5-14(15)11-16/h2-3,5-6,13H,4,7-10,12H2,1H3. The molecule has 0 aromatic heterocycles. The summed E-state index contributed by atoms with van der Waals surface area (Å²) >= 11 is 0. The molecule has 0 N–H and O–H groups in total. The monoisotopic (exact) mass is 308 g/mol. The van der Waals surface area contributed by atoms with Crippen LogP contribution in [0.25, 0.3) is 0 Å². The summed E-state index contributed by atoms with van der Waals surface area (Å²) in [5.41, 5.74) is 0.537. The van der Waals surface area contributed by atoms with Crippen LogP contribution in [0.2, 0.25) is 0 Å². The van der Waals surface area contributed by atoms with E-state index in [1.54, 1.807) is 18.2 Å². The van der Waals surface area contributed by atoms with E-state index in [9.17, 15) is 8.42 Å². The summed E-state index contributed by atoms with van der Waals surface area (Å²) in [5.74, 6) is 1.09. The number of ether oxygens (including phenoxy) is 1. The van der Waals surface area contributed by atoms with Crippen molar-refractivity contribution in [3.8, 4) is 11.8 Å². The zero-order valence-corrected chi connectivity index (χ0v) is 13.0. The molecule has 1 aromatic rings. The molecule has 1 aromatic carbocycles. The minimum atomic E-state index is -2.86. The largest absolute Gasteiger partial charge is 0.492 e. The van der Waals surface area contributed by atoms with Crippen LogP contribution in [0.1, 0.15) is 18.9 Å². The predicted molar refractivity (Wildman–Crippen MR) is 81.0 cm³/mol. The Hall–Kier alpha value is -1.58. The third-order valence-electron chi connectivity index (χ3n) is 3.66. The van der Waals surface area contributed by atoms with Gasteiger partial charge in [0.15, 0.2) is 9.84 Å². The zero-order valence-electron chi connectivity index (χ0n) is 12.2. The smallest absolute Gasteiger partial charge is 0.153 e. The lowest BCUT2D eigenvalue weighted by molar-refractivity contribution is 0.202. The summed E-state index contributed by atoms with van der Waals surface area (Å²) < 4.78 is 28.6. The lowest BCUT2D eigenvalue weighted by Crippen LogP contribution is -2.47.